The standard InChI is InChI=1S/C14H8N2O2/c17-14-13-11(15-7-16-14)10-6-5-8-3-1-2-4-9(8)12(10)18-13/h1-7H,(H,15,16,17). The predicted octanol–water partition coefficient (Wildman–Crippen LogP) is 2.82. The van der Waals surface area contributed by atoms with Crippen molar-refractivity contribution in [2.45, 2.75) is 0 Å². The van der Waals surface area contributed by atoms with Crippen LogP contribution in [-0.2, 0) is 0 Å². The molecule has 0 aliphatic rings. The zero-order valence-electron chi connectivity index (χ0n) is 9.31. The van der Waals surface area contributed by atoms with Gasteiger partial charge in [-0.15, -0.1) is 0 Å². The second-order valence-corrected chi connectivity index (χ2v) is 4.17. The fourth-order valence-electron chi connectivity index (χ4n) is 2.32. The number of nitrogens with one attached hydrogen (secondary N) is 1. The van der Waals surface area contributed by atoms with Crippen LogP contribution in [0, 0.1) is 0 Å². The first-order chi connectivity index (χ1) is 8.84. The molecule has 1 N–H and O–H groups in total. The molecule has 4 nitrogen and oxygen atoms in total. The molecule has 0 bridgehead atoms. The minimum Gasteiger partial charge on any atom is -0.448 e. The number of benzene rings is 2. The highest BCUT2D eigenvalue weighted by atomic mass is 16.3. The van der Waals surface area contributed by atoms with Gasteiger partial charge in [-0.2, -0.15) is 0 Å². The molecule has 4 rings (SSSR count). The predicted molar refractivity (Wildman–Crippen MR) is 69.6 cm³/mol. The van der Waals surface area contributed by atoms with Gasteiger partial charge in [0.15, 0.2) is 0 Å². The number of nitrogens with zero attached hydrogens (tertiary/aromatic N) is 1. The summed E-state index contributed by atoms with van der Waals surface area (Å²) < 4.78 is 5.69. The lowest BCUT2D eigenvalue weighted by Gasteiger charge is -1.96. The van der Waals surface area contributed by atoms with Crippen LogP contribution < -0.4 is 5.56 Å². The molecular weight excluding hydrogens is 228 g/mol. The fraction of sp³-hybridized carbons (Fsp3) is 0. The topological polar surface area (TPSA) is 58.9 Å². The molecule has 0 spiro atoms. The number of hydrogen-bond donors (Lipinski definition) is 1. The lowest BCUT2D eigenvalue weighted by Crippen LogP contribution is -2.03. The first kappa shape index (κ1) is 9.41. The molecule has 2 heterocycles. The van der Waals surface area contributed by atoms with Crippen molar-refractivity contribution in [1.82, 2.24) is 9.97 Å². The maximum absolute atomic E-state index is 11.7. The Kier molecular flexibility index (Phi) is 1.67. The van der Waals surface area contributed by atoms with Gasteiger partial charge in [-0.3, -0.25) is 4.79 Å². The van der Waals surface area contributed by atoms with Gasteiger partial charge in [0.1, 0.15) is 11.1 Å². The van der Waals surface area contributed by atoms with E-state index in [1.807, 2.05) is 36.4 Å². The third kappa shape index (κ3) is 1.09. The quantitative estimate of drug-likeness (QED) is 0.510. The minimum absolute atomic E-state index is 0.250. The lowest BCUT2D eigenvalue weighted by molar-refractivity contribution is 0.664. The number of fused-ring (bicyclic) bond motifs is 5. The normalized spacial score (nSPS) is 11.6. The van der Waals surface area contributed by atoms with Crippen molar-refractivity contribution >= 4 is 32.8 Å². The molecule has 0 atom stereocenters. The maximum atomic E-state index is 11.7. The van der Waals surface area contributed by atoms with E-state index in [0.29, 0.717) is 11.1 Å². The molecular formula is C14H8N2O2. The lowest BCUT2D eigenvalue weighted by atomic mass is 10.1. The van der Waals surface area contributed by atoms with Crippen LogP contribution >= 0.6 is 0 Å². The van der Waals surface area contributed by atoms with E-state index in [-0.39, 0.29) is 11.1 Å². The summed E-state index contributed by atoms with van der Waals surface area (Å²) in [5.74, 6) is 0. The van der Waals surface area contributed by atoms with Gasteiger partial charge < -0.3 is 9.40 Å². The first-order valence-electron chi connectivity index (χ1n) is 5.62. The third-order valence-corrected chi connectivity index (χ3v) is 3.15. The molecule has 4 heteroatoms. The van der Waals surface area contributed by atoms with E-state index in [1.165, 1.54) is 6.33 Å². The summed E-state index contributed by atoms with van der Waals surface area (Å²) in [5.41, 5.74) is 1.36. The van der Waals surface area contributed by atoms with Crippen LogP contribution in [0.5, 0.6) is 0 Å². The third-order valence-electron chi connectivity index (χ3n) is 3.15. The summed E-state index contributed by atoms with van der Waals surface area (Å²) in [7, 11) is 0. The second-order valence-electron chi connectivity index (χ2n) is 4.17. The average molecular weight is 236 g/mol. The average Bonchev–Trinajstić information content (AvgIpc) is 2.79. The van der Waals surface area contributed by atoms with E-state index in [4.69, 9.17) is 4.42 Å². The van der Waals surface area contributed by atoms with Crippen LogP contribution in [0.4, 0.5) is 0 Å². The van der Waals surface area contributed by atoms with Crippen LogP contribution in [0.15, 0.2) is 51.9 Å². The zero-order chi connectivity index (χ0) is 12.1. The van der Waals surface area contributed by atoms with Gasteiger partial charge in [0, 0.05) is 10.8 Å². The highest BCUT2D eigenvalue weighted by molar-refractivity contribution is 6.13. The molecule has 2 aromatic carbocycles. The number of H-pyrrole nitrogens is 1. The first-order valence-corrected chi connectivity index (χ1v) is 5.62. The Morgan fingerprint density at radius 2 is 1.89 bits per heavy atom. The molecule has 2 aromatic heterocycles. The summed E-state index contributed by atoms with van der Waals surface area (Å²) in [6.07, 6.45) is 1.40. The number of hydrogen-bond acceptors (Lipinski definition) is 3. The molecule has 0 amide bonds. The van der Waals surface area contributed by atoms with Gasteiger partial charge in [-0.05, 0) is 11.5 Å². The summed E-state index contributed by atoms with van der Waals surface area (Å²) in [4.78, 5) is 18.4. The van der Waals surface area contributed by atoms with Crippen LogP contribution in [0.1, 0.15) is 0 Å². The molecule has 86 valence electrons. The monoisotopic (exact) mass is 236 g/mol. The van der Waals surface area contributed by atoms with E-state index in [2.05, 4.69) is 9.97 Å². The Labute approximate surface area is 101 Å². The second kappa shape index (κ2) is 3.20. The molecule has 4 aromatic rings. The van der Waals surface area contributed by atoms with Crippen molar-refractivity contribution in [3.63, 3.8) is 0 Å². The van der Waals surface area contributed by atoms with Crippen LogP contribution in [0.2, 0.25) is 0 Å². The van der Waals surface area contributed by atoms with E-state index >= 15 is 0 Å². The van der Waals surface area contributed by atoms with Crippen molar-refractivity contribution in [2.24, 2.45) is 0 Å². The molecule has 0 fully saturated rings. The Morgan fingerprint density at radius 1 is 1.00 bits per heavy atom. The van der Waals surface area contributed by atoms with Gasteiger partial charge in [-0.25, -0.2) is 4.98 Å². The Morgan fingerprint density at radius 3 is 2.83 bits per heavy atom. The molecule has 0 aliphatic heterocycles. The van der Waals surface area contributed by atoms with Crippen molar-refractivity contribution < 1.29 is 4.42 Å². The SMILES string of the molecule is O=c1[nH]cnc2c1oc1c3ccccc3ccc21. The number of rotatable bonds is 0. The molecule has 0 saturated carbocycles. The molecule has 18 heavy (non-hydrogen) atoms. The molecule has 0 unspecified atom stereocenters. The van der Waals surface area contributed by atoms with E-state index in [1.54, 1.807) is 0 Å². The largest absolute Gasteiger partial charge is 0.448 e. The van der Waals surface area contributed by atoms with Crippen LogP contribution in [0.25, 0.3) is 32.8 Å². The number of aromatic nitrogens is 2. The molecule has 0 aliphatic carbocycles. The highest BCUT2D eigenvalue weighted by Crippen LogP contribution is 2.30. The van der Waals surface area contributed by atoms with Gasteiger partial charge in [-0.1, -0.05) is 30.3 Å². The number of furan rings is 1. The van der Waals surface area contributed by atoms with Crippen molar-refractivity contribution in [2.75, 3.05) is 0 Å². The Hall–Kier alpha value is -2.62. The summed E-state index contributed by atoms with van der Waals surface area (Å²) in [6.45, 7) is 0. The summed E-state index contributed by atoms with van der Waals surface area (Å²) in [5, 5.41) is 2.95. The maximum Gasteiger partial charge on any atom is 0.294 e. The number of aromatic amines is 1. The van der Waals surface area contributed by atoms with Gasteiger partial charge in [0.25, 0.3) is 5.56 Å². The minimum atomic E-state index is -0.250. The Bertz CT molecular complexity index is 950. The zero-order valence-corrected chi connectivity index (χ0v) is 9.31. The summed E-state index contributed by atoms with van der Waals surface area (Å²) in [6, 6.07) is 11.9. The van der Waals surface area contributed by atoms with Crippen molar-refractivity contribution in [3.8, 4) is 0 Å². The van der Waals surface area contributed by atoms with Gasteiger partial charge >= 0.3 is 0 Å². The van der Waals surface area contributed by atoms with Crippen molar-refractivity contribution in [1.29, 1.82) is 0 Å². The fourth-order valence-corrected chi connectivity index (χ4v) is 2.32. The van der Waals surface area contributed by atoms with E-state index < -0.39 is 0 Å². The van der Waals surface area contributed by atoms with E-state index in [0.717, 1.165) is 16.2 Å². The molecule has 0 radical (unpaired) electrons. The van der Waals surface area contributed by atoms with Gasteiger partial charge in [0.2, 0.25) is 5.58 Å². The van der Waals surface area contributed by atoms with E-state index in [9.17, 15) is 4.79 Å². The summed E-state index contributed by atoms with van der Waals surface area (Å²) >= 11 is 0. The van der Waals surface area contributed by atoms with Crippen molar-refractivity contribution in [3.05, 3.63) is 53.1 Å². The van der Waals surface area contributed by atoms with Crippen LogP contribution in [-0.4, -0.2) is 9.97 Å². The Balaban J connectivity index is 2.37. The van der Waals surface area contributed by atoms with Gasteiger partial charge in [0.05, 0.1) is 6.33 Å². The molecule has 0 saturated heterocycles. The smallest absolute Gasteiger partial charge is 0.294 e. The van der Waals surface area contributed by atoms with Crippen LogP contribution in [0.3, 0.4) is 0 Å². The highest BCUT2D eigenvalue weighted by Gasteiger charge is 2.12.